The van der Waals surface area contributed by atoms with Crippen molar-refractivity contribution in [2.75, 3.05) is 0 Å². The molecule has 1 atom stereocenters. The van der Waals surface area contributed by atoms with E-state index in [-0.39, 0.29) is 5.78 Å². The quantitative estimate of drug-likeness (QED) is 0.719. The monoisotopic (exact) mass is 163 g/mol. The Bertz CT molecular complexity index is 294. The molecule has 0 aliphatic heterocycles. The summed E-state index contributed by atoms with van der Waals surface area (Å²) in [5.74, 6) is 0.000556. The van der Waals surface area contributed by atoms with Crippen LogP contribution in [0.2, 0.25) is 0 Å². The van der Waals surface area contributed by atoms with Gasteiger partial charge in [-0.3, -0.25) is 4.79 Å². The van der Waals surface area contributed by atoms with E-state index >= 15 is 0 Å². The van der Waals surface area contributed by atoms with Crippen LogP contribution in [0.15, 0.2) is 24.3 Å². The highest BCUT2D eigenvalue weighted by atomic mass is 16.1. The second-order valence-corrected chi connectivity index (χ2v) is 3.00. The summed E-state index contributed by atoms with van der Waals surface area (Å²) >= 11 is 0. The summed E-state index contributed by atoms with van der Waals surface area (Å²) in [7, 11) is 0. The second-order valence-electron chi connectivity index (χ2n) is 3.00. The van der Waals surface area contributed by atoms with Crippen LogP contribution in [-0.4, -0.2) is 5.78 Å². The molecule has 2 heteroatoms. The van der Waals surface area contributed by atoms with Gasteiger partial charge in [0.05, 0.1) is 6.04 Å². The number of carbonyl (C=O) groups is 1. The van der Waals surface area contributed by atoms with Gasteiger partial charge in [-0.05, 0) is 19.4 Å². The van der Waals surface area contributed by atoms with Gasteiger partial charge in [0.2, 0.25) is 0 Å². The van der Waals surface area contributed by atoms with Gasteiger partial charge in [0, 0.05) is 0 Å². The van der Waals surface area contributed by atoms with Crippen LogP contribution in [0, 0.1) is 6.92 Å². The Morgan fingerprint density at radius 2 is 2.17 bits per heavy atom. The van der Waals surface area contributed by atoms with E-state index in [1.807, 2.05) is 31.2 Å². The fourth-order valence-electron chi connectivity index (χ4n) is 1.10. The lowest BCUT2D eigenvalue weighted by Crippen LogP contribution is -2.18. The summed E-state index contributed by atoms with van der Waals surface area (Å²) in [5.41, 5.74) is 7.68. The van der Waals surface area contributed by atoms with Crippen LogP contribution in [0.25, 0.3) is 0 Å². The predicted molar refractivity (Wildman–Crippen MR) is 48.8 cm³/mol. The van der Waals surface area contributed by atoms with Gasteiger partial charge in [-0.15, -0.1) is 0 Å². The first-order chi connectivity index (χ1) is 5.61. The van der Waals surface area contributed by atoms with E-state index in [1.165, 1.54) is 6.92 Å². The van der Waals surface area contributed by atoms with Gasteiger partial charge in [-0.1, -0.05) is 29.8 Å². The zero-order valence-corrected chi connectivity index (χ0v) is 7.37. The van der Waals surface area contributed by atoms with E-state index in [9.17, 15) is 4.79 Å². The van der Waals surface area contributed by atoms with Crippen molar-refractivity contribution in [3.63, 3.8) is 0 Å². The van der Waals surface area contributed by atoms with Crippen molar-refractivity contribution in [2.24, 2.45) is 5.73 Å². The topological polar surface area (TPSA) is 43.1 Å². The molecular formula is C10H13NO. The molecule has 0 aromatic heterocycles. The number of ketones is 1. The number of benzene rings is 1. The maximum Gasteiger partial charge on any atom is 0.150 e. The molecule has 2 N–H and O–H groups in total. The first-order valence-corrected chi connectivity index (χ1v) is 3.94. The number of nitrogens with two attached hydrogens (primary N) is 1. The van der Waals surface area contributed by atoms with Gasteiger partial charge in [0.15, 0.2) is 5.78 Å². The zero-order valence-electron chi connectivity index (χ0n) is 7.37. The standard InChI is InChI=1S/C10H13NO/c1-7-4-3-5-9(6-7)10(11)8(2)12/h3-6,10H,11H2,1-2H3. The zero-order chi connectivity index (χ0) is 9.14. The Morgan fingerprint density at radius 1 is 1.50 bits per heavy atom. The van der Waals surface area contributed by atoms with E-state index in [1.54, 1.807) is 0 Å². The van der Waals surface area contributed by atoms with Crippen LogP contribution in [-0.2, 0) is 4.79 Å². The van der Waals surface area contributed by atoms with Crippen LogP contribution < -0.4 is 5.73 Å². The molecule has 1 aromatic carbocycles. The Morgan fingerprint density at radius 3 is 2.67 bits per heavy atom. The third-order valence-electron chi connectivity index (χ3n) is 1.84. The average Bonchev–Trinajstić information content (AvgIpc) is 2.03. The number of hydrogen-bond acceptors (Lipinski definition) is 2. The van der Waals surface area contributed by atoms with Crippen molar-refractivity contribution in [2.45, 2.75) is 19.9 Å². The van der Waals surface area contributed by atoms with Crippen LogP contribution in [0.5, 0.6) is 0 Å². The number of rotatable bonds is 2. The maximum absolute atomic E-state index is 10.9. The molecule has 0 aliphatic rings. The van der Waals surface area contributed by atoms with Crippen LogP contribution in [0.3, 0.4) is 0 Å². The minimum atomic E-state index is -0.468. The van der Waals surface area contributed by atoms with Gasteiger partial charge >= 0.3 is 0 Å². The molecule has 0 radical (unpaired) electrons. The van der Waals surface area contributed by atoms with Crippen LogP contribution in [0.4, 0.5) is 0 Å². The second kappa shape index (κ2) is 3.50. The molecule has 0 heterocycles. The van der Waals surface area contributed by atoms with Crippen molar-refractivity contribution < 1.29 is 4.79 Å². The molecule has 1 unspecified atom stereocenters. The summed E-state index contributed by atoms with van der Waals surface area (Å²) < 4.78 is 0. The molecule has 2 nitrogen and oxygen atoms in total. The molecule has 12 heavy (non-hydrogen) atoms. The highest BCUT2D eigenvalue weighted by Gasteiger charge is 2.09. The summed E-state index contributed by atoms with van der Waals surface area (Å²) in [4.78, 5) is 10.9. The van der Waals surface area contributed by atoms with Gasteiger partial charge in [-0.2, -0.15) is 0 Å². The largest absolute Gasteiger partial charge is 0.318 e. The Labute approximate surface area is 72.4 Å². The number of hydrogen-bond donors (Lipinski definition) is 1. The Hall–Kier alpha value is -1.15. The molecule has 64 valence electrons. The fourth-order valence-corrected chi connectivity index (χ4v) is 1.10. The average molecular weight is 163 g/mol. The van der Waals surface area contributed by atoms with Crippen molar-refractivity contribution >= 4 is 5.78 Å². The van der Waals surface area contributed by atoms with Crippen molar-refractivity contribution in [3.05, 3.63) is 35.4 Å². The van der Waals surface area contributed by atoms with Crippen molar-refractivity contribution in [1.29, 1.82) is 0 Å². The molecule has 0 amide bonds. The summed E-state index contributed by atoms with van der Waals surface area (Å²) in [5, 5.41) is 0. The van der Waals surface area contributed by atoms with Crippen LogP contribution in [0.1, 0.15) is 24.1 Å². The van der Waals surface area contributed by atoms with Gasteiger partial charge in [0.1, 0.15) is 0 Å². The molecule has 0 saturated heterocycles. The smallest absolute Gasteiger partial charge is 0.150 e. The normalized spacial score (nSPS) is 12.6. The highest BCUT2D eigenvalue weighted by molar-refractivity contribution is 5.82. The minimum absolute atomic E-state index is 0.000556. The van der Waals surface area contributed by atoms with Gasteiger partial charge in [0.25, 0.3) is 0 Å². The first kappa shape index (κ1) is 8.94. The van der Waals surface area contributed by atoms with E-state index in [4.69, 9.17) is 5.73 Å². The van der Waals surface area contributed by atoms with Crippen LogP contribution >= 0.6 is 0 Å². The molecule has 1 rings (SSSR count). The molecule has 0 fully saturated rings. The van der Waals surface area contributed by atoms with E-state index in [2.05, 4.69) is 0 Å². The molecule has 0 spiro atoms. The summed E-state index contributed by atoms with van der Waals surface area (Å²) in [6, 6.07) is 7.24. The number of Topliss-reactive ketones (excluding diaryl/α,β-unsaturated/α-hetero) is 1. The third-order valence-corrected chi connectivity index (χ3v) is 1.84. The molecule has 0 aliphatic carbocycles. The number of carbonyl (C=O) groups excluding carboxylic acids is 1. The highest BCUT2D eigenvalue weighted by Crippen LogP contribution is 2.12. The van der Waals surface area contributed by atoms with E-state index < -0.39 is 6.04 Å². The third kappa shape index (κ3) is 1.92. The minimum Gasteiger partial charge on any atom is -0.318 e. The van der Waals surface area contributed by atoms with Crippen molar-refractivity contribution in [1.82, 2.24) is 0 Å². The predicted octanol–water partition coefficient (Wildman–Crippen LogP) is 1.58. The lowest BCUT2D eigenvalue weighted by molar-refractivity contribution is -0.118. The Balaban J connectivity index is 2.95. The number of aryl methyl sites for hydroxylation is 1. The first-order valence-electron chi connectivity index (χ1n) is 3.94. The van der Waals surface area contributed by atoms with E-state index in [0.29, 0.717) is 0 Å². The summed E-state index contributed by atoms with van der Waals surface area (Å²) in [6.07, 6.45) is 0. The lowest BCUT2D eigenvalue weighted by Gasteiger charge is -2.07. The van der Waals surface area contributed by atoms with Gasteiger partial charge in [-0.25, -0.2) is 0 Å². The van der Waals surface area contributed by atoms with Crippen molar-refractivity contribution in [3.8, 4) is 0 Å². The summed E-state index contributed by atoms with van der Waals surface area (Å²) in [6.45, 7) is 3.49. The lowest BCUT2D eigenvalue weighted by atomic mass is 10.0. The maximum atomic E-state index is 10.9. The van der Waals surface area contributed by atoms with E-state index in [0.717, 1.165) is 11.1 Å². The Kier molecular flexibility index (Phi) is 2.61. The molecule has 0 saturated carbocycles. The molecule has 0 bridgehead atoms. The molecular weight excluding hydrogens is 150 g/mol. The fraction of sp³-hybridized carbons (Fsp3) is 0.300. The van der Waals surface area contributed by atoms with Gasteiger partial charge < -0.3 is 5.73 Å². The molecule has 1 aromatic rings. The SMILES string of the molecule is CC(=O)C(N)c1cccc(C)c1.